The van der Waals surface area contributed by atoms with Gasteiger partial charge in [-0.15, -0.1) is 0 Å². The molecular weight excluding hydrogens is 450 g/mol. The molecule has 1 saturated heterocycles. The summed E-state index contributed by atoms with van der Waals surface area (Å²) in [4.78, 5) is 46.0. The summed E-state index contributed by atoms with van der Waals surface area (Å²) < 4.78 is 0. The van der Waals surface area contributed by atoms with Crippen molar-refractivity contribution in [2.75, 3.05) is 0 Å². The number of aromatic nitrogens is 2. The Morgan fingerprint density at radius 1 is 1.00 bits per heavy atom. The fourth-order valence-electron chi connectivity index (χ4n) is 3.78. The summed E-state index contributed by atoms with van der Waals surface area (Å²) in [6, 6.07) is 23.1. The molecule has 3 N–H and O–H groups in total. The van der Waals surface area contributed by atoms with Crippen molar-refractivity contribution in [3.8, 4) is 0 Å². The fraction of sp³-hybridized carbons (Fsp3) is 0.120. The average molecular weight is 472 g/mol. The average Bonchev–Trinajstić information content (AvgIpc) is 3.38. The van der Waals surface area contributed by atoms with Crippen molar-refractivity contribution in [1.29, 1.82) is 0 Å². The van der Waals surface area contributed by atoms with Gasteiger partial charge in [-0.3, -0.25) is 15.0 Å². The minimum absolute atomic E-state index is 0.339. The number of imide groups is 1. The van der Waals surface area contributed by atoms with Crippen LogP contribution in [0.25, 0.3) is 11.0 Å². The number of hydrazine groups is 1. The number of nitrogens with zero attached hydrogens (tertiary/aromatic N) is 2. The zero-order valence-electron chi connectivity index (χ0n) is 18.2. The van der Waals surface area contributed by atoms with Gasteiger partial charge in [0.15, 0.2) is 5.16 Å². The van der Waals surface area contributed by atoms with Crippen molar-refractivity contribution in [1.82, 2.24) is 25.7 Å². The number of thioether (sulfide) groups is 1. The number of carbonyl (C=O) groups is 3. The molecule has 0 spiro atoms. The van der Waals surface area contributed by atoms with Gasteiger partial charge in [-0.05, 0) is 42.3 Å². The Hall–Kier alpha value is -4.11. The minimum Gasteiger partial charge on any atom is -0.333 e. The number of hydrogen-bond donors (Lipinski definition) is 3. The molecule has 34 heavy (non-hydrogen) atoms. The van der Waals surface area contributed by atoms with E-state index in [1.54, 1.807) is 55.1 Å². The van der Waals surface area contributed by atoms with Crippen molar-refractivity contribution >= 4 is 40.6 Å². The number of hydrogen-bond acceptors (Lipinski definition) is 5. The Kier molecular flexibility index (Phi) is 5.54. The third-order valence-electron chi connectivity index (χ3n) is 5.71. The molecule has 170 valence electrons. The van der Waals surface area contributed by atoms with Gasteiger partial charge in [0.1, 0.15) is 5.54 Å². The number of amides is 4. The monoisotopic (exact) mass is 471 g/mol. The Morgan fingerprint density at radius 3 is 2.44 bits per heavy atom. The van der Waals surface area contributed by atoms with Gasteiger partial charge >= 0.3 is 6.03 Å². The maximum atomic E-state index is 13.0. The van der Waals surface area contributed by atoms with E-state index in [0.717, 1.165) is 26.8 Å². The van der Waals surface area contributed by atoms with Crippen LogP contribution in [0.4, 0.5) is 4.79 Å². The molecule has 0 saturated carbocycles. The van der Waals surface area contributed by atoms with Gasteiger partial charge in [-0.1, -0.05) is 66.4 Å². The molecule has 0 unspecified atom stereocenters. The van der Waals surface area contributed by atoms with Crippen LogP contribution in [0.15, 0.2) is 84.0 Å². The first-order chi connectivity index (χ1) is 16.4. The fourth-order valence-corrected chi connectivity index (χ4v) is 4.62. The Labute approximate surface area is 199 Å². The Balaban J connectivity index is 1.23. The van der Waals surface area contributed by atoms with Crippen LogP contribution in [0.3, 0.4) is 0 Å². The highest BCUT2D eigenvalue weighted by atomic mass is 32.2. The predicted molar refractivity (Wildman–Crippen MR) is 129 cm³/mol. The van der Waals surface area contributed by atoms with Crippen LogP contribution >= 0.6 is 11.8 Å². The first-order valence-corrected chi connectivity index (χ1v) is 11.6. The molecule has 4 amide bonds. The van der Waals surface area contributed by atoms with Crippen molar-refractivity contribution in [3.05, 3.63) is 95.6 Å². The number of nitrogens with one attached hydrogen (secondary N) is 3. The van der Waals surface area contributed by atoms with E-state index in [9.17, 15) is 14.4 Å². The second-order valence-electron chi connectivity index (χ2n) is 8.05. The molecule has 5 rings (SSSR count). The summed E-state index contributed by atoms with van der Waals surface area (Å²) in [6.07, 6.45) is 0. The van der Waals surface area contributed by atoms with Crippen molar-refractivity contribution in [3.63, 3.8) is 0 Å². The second kappa shape index (κ2) is 8.68. The number of para-hydroxylation sites is 2. The molecule has 1 atom stereocenters. The standard InChI is InChI=1S/C25H21N5O3S/c1-25(18-7-3-2-4-8-18)22(32)30(24(33)28-25)29-21(31)17-13-11-16(12-14-17)15-34-23-26-19-9-5-6-10-20(19)27-23/h2-14H,15H2,1H3,(H,26,27)(H,28,33)(H,29,31)/t25-/m0/s1. The van der Waals surface area contributed by atoms with E-state index >= 15 is 0 Å². The third-order valence-corrected chi connectivity index (χ3v) is 6.66. The summed E-state index contributed by atoms with van der Waals surface area (Å²) in [5, 5.41) is 4.22. The number of aromatic amines is 1. The van der Waals surface area contributed by atoms with Gasteiger partial charge in [-0.2, -0.15) is 5.01 Å². The minimum atomic E-state index is -1.25. The van der Waals surface area contributed by atoms with E-state index in [0.29, 0.717) is 16.9 Å². The molecule has 2 heterocycles. The van der Waals surface area contributed by atoms with E-state index in [2.05, 4.69) is 20.7 Å². The number of carbonyl (C=O) groups excluding carboxylic acids is 3. The highest BCUT2D eigenvalue weighted by Gasteiger charge is 2.50. The van der Waals surface area contributed by atoms with Gasteiger partial charge < -0.3 is 10.3 Å². The second-order valence-corrected chi connectivity index (χ2v) is 9.01. The summed E-state index contributed by atoms with van der Waals surface area (Å²) in [7, 11) is 0. The van der Waals surface area contributed by atoms with Crippen molar-refractivity contribution in [2.24, 2.45) is 0 Å². The van der Waals surface area contributed by atoms with Crippen LogP contribution in [-0.2, 0) is 16.1 Å². The van der Waals surface area contributed by atoms with E-state index in [1.807, 2.05) is 42.5 Å². The maximum Gasteiger partial charge on any atom is 0.344 e. The quantitative estimate of drug-likeness (QED) is 0.291. The van der Waals surface area contributed by atoms with Crippen LogP contribution in [0.2, 0.25) is 0 Å². The highest BCUT2D eigenvalue weighted by molar-refractivity contribution is 7.98. The zero-order valence-corrected chi connectivity index (χ0v) is 19.1. The summed E-state index contributed by atoms with van der Waals surface area (Å²) in [5.41, 5.74) is 5.07. The lowest BCUT2D eigenvalue weighted by Gasteiger charge is -2.22. The molecule has 1 aliphatic heterocycles. The van der Waals surface area contributed by atoms with Gasteiger partial charge in [0.2, 0.25) is 0 Å². The molecule has 4 aromatic rings. The maximum absolute atomic E-state index is 13.0. The van der Waals surface area contributed by atoms with Crippen molar-refractivity contribution in [2.45, 2.75) is 23.4 Å². The smallest absolute Gasteiger partial charge is 0.333 e. The zero-order chi connectivity index (χ0) is 23.7. The Morgan fingerprint density at radius 2 is 1.71 bits per heavy atom. The van der Waals surface area contributed by atoms with Crippen LogP contribution in [0, 0.1) is 0 Å². The molecule has 1 fully saturated rings. The van der Waals surface area contributed by atoms with Crippen LogP contribution in [0.5, 0.6) is 0 Å². The SMILES string of the molecule is C[C@@]1(c2ccccc2)NC(=O)N(NC(=O)c2ccc(CSc3nc4ccccc4[nH]3)cc2)C1=O. The van der Waals surface area contributed by atoms with Gasteiger partial charge in [0.25, 0.3) is 11.8 Å². The molecule has 1 aromatic heterocycles. The largest absolute Gasteiger partial charge is 0.344 e. The lowest BCUT2D eigenvalue weighted by molar-refractivity contribution is -0.132. The van der Waals surface area contributed by atoms with E-state index < -0.39 is 23.4 Å². The lowest BCUT2D eigenvalue weighted by atomic mass is 9.92. The molecule has 8 nitrogen and oxygen atoms in total. The van der Waals surface area contributed by atoms with Crippen LogP contribution < -0.4 is 10.7 Å². The summed E-state index contributed by atoms with van der Waals surface area (Å²) in [5.74, 6) is -0.419. The molecule has 0 aliphatic carbocycles. The number of fused-ring (bicyclic) bond motifs is 1. The van der Waals surface area contributed by atoms with Gasteiger partial charge in [0.05, 0.1) is 11.0 Å². The number of urea groups is 1. The normalized spacial score (nSPS) is 17.7. The lowest BCUT2D eigenvalue weighted by Crippen LogP contribution is -2.47. The topological polar surface area (TPSA) is 107 Å². The van der Waals surface area contributed by atoms with Crippen LogP contribution in [-0.4, -0.2) is 32.8 Å². The first-order valence-electron chi connectivity index (χ1n) is 10.6. The molecular formula is C25H21N5O3S. The van der Waals surface area contributed by atoms with Gasteiger partial charge in [0, 0.05) is 11.3 Å². The summed E-state index contributed by atoms with van der Waals surface area (Å²) >= 11 is 1.56. The Bertz CT molecular complexity index is 1350. The molecule has 0 bridgehead atoms. The number of benzene rings is 3. The predicted octanol–water partition coefficient (Wildman–Crippen LogP) is 3.97. The van der Waals surface area contributed by atoms with Crippen molar-refractivity contribution < 1.29 is 14.4 Å². The number of imidazole rings is 1. The molecule has 1 aliphatic rings. The van der Waals surface area contributed by atoms with Crippen LogP contribution in [0.1, 0.15) is 28.4 Å². The number of rotatable bonds is 6. The highest BCUT2D eigenvalue weighted by Crippen LogP contribution is 2.28. The van der Waals surface area contributed by atoms with E-state index in [-0.39, 0.29) is 0 Å². The summed E-state index contributed by atoms with van der Waals surface area (Å²) in [6.45, 7) is 1.61. The van der Waals surface area contributed by atoms with Gasteiger partial charge in [-0.25, -0.2) is 9.78 Å². The molecule has 3 aromatic carbocycles. The molecule has 0 radical (unpaired) electrons. The first kappa shape index (κ1) is 21.7. The van der Waals surface area contributed by atoms with E-state index in [1.165, 1.54) is 0 Å². The molecule has 9 heteroatoms. The third kappa shape index (κ3) is 4.01. The van der Waals surface area contributed by atoms with E-state index in [4.69, 9.17) is 0 Å². The number of H-pyrrole nitrogens is 1.